The van der Waals surface area contributed by atoms with Crippen molar-refractivity contribution in [1.29, 1.82) is 0 Å². The summed E-state index contributed by atoms with van der Waals surface area (Å²) in [6.45, 7) is 0. The zero-order valence-corrected chi connectivity index (χ0v) is 3.79. The molecule has 41 valence electrons. The van der Waals surface area contributed by atoms with E-state index in [1.165, 1.54) is 6.29 Å². The van der Waals surface area contributed by atoms with Crippen LogP contribution < -0.4 is 0 Å². The van der Waals surface area contributed by atoms with Crippen molar-refractivity contribution in [2.24, 2.45) is 0 Å². The van der Waals surface area contributed by atoms with Crippen LogP contribution in [0.25, 0.3) is 0 Å². The average molecular weight is 103 g/mol. The van der Waals surface area contributed by atoms with Crippen molar-refractivity contribution in [1.82, 2.24) is 0 Å². The standard InChI is InChI=1S/C4H7O3/c5-3-1-2-4(6)7/h4,6-7H,1-2H2. The van der Waals surface area contributed by atoms with Gasteiger partial charge in [0.2, 0.25) is 0 Å². The van der Waals surface area contributed by atoms with Crippen LogP contribution in [0.1, 0.15) is 12.8 Å². The summed E-state index contributed by atoms with van der Waals surface area (Å²) < 4.78 is 0. The molecule has 0 aliphatic carbocycles. The average Bonchev–Trinajstić information content (AvgIpc) is 1.61. The van der Waals surface area contributed by atoms with Crippen LogP contribution >= 0.6 is 0 Å². The van der Waals surface area contributed by atoms with Crippen molar-refractivity contribution >= 4 is 6.29 Å². The van der Waals surface area contributed by atoms with Gasteiger partial charge < -0.3 is 10.2 Å². The lowest BCUT2D eigenvalue weighted by molar-refractivity contribution is -0.0435. The van der Waals surface area contributed by atoms with Crippen molar-refractivity contribution < 1.29 is 15.0 Å². The molecule has 0 saturated carbocycles. The zero-order valence-electron chi connectivity index (χ0n) is 3.79. The maximum absolute atomic E-state index is 9.36. The second-order valence-corrected chi connectivity index (χ2v) is 1.16. The molecule has 7 heavy (non-hydrogen) atoms. The first-order chi connectivity index (χ1) is 3.27. The van der Waals surface area contributed by atoms with E-state index in [2.05, 4.69) is 0 Å². The molecule has 0 atom stereocenters. The Morgan fingerprint density at radius 1 is 1.57 bits per heavy atom. The molecule has 2 N–H and O–H groups in total. The molecule has 1 radical (unpaired) electrons. The van der Waals surface area contributed by atoms with E-state index in [4.69, 9.17) is 10.2 Å². The van der Waals surface area contributed by atoms with E-state index in [9.17, 15) is 4.79 Å². The third-order valence-electron chi connectivity index (χ3n) is 0.505. The second-order valence-electron chi connectivity index (χ2n) is 1.16. The van der Waals surface area contributed by atoms with Gasteiger partial charge in [-0.3, -0.25) is 4.79 Å². The number of hydrogen-bond acceptors (Lipinski definition) is 3. The molecule has 0 heterocycles. The van der Waals surface area contributed by atoms with Gasteiger partial charge in [-0.15, -0.1) is 0 Å². The summed E-state index contributed by atoms with van der Waals surface area (Å²) in [4.78, 5) is 9.36. The summed E-state index contributed by atoms with van der Waals surface area (Å²) >= 11 is 0. The summed E-state index contributed by atoms with van der Waals surface area (Å²) in [5.41, 5.74) is 0. The molecule has 3 heteroatoms. The summed E-state index contributed by atoms with van der Waals surface area (Å²) in [6.07, 6.45) is 0.351. The summed E-state index contributed by atoms with van der Waals surface area (Å²) in [5, 5.41) is 16.1. The maximum Gasteiger partial charge on any atom is 0.198 e. The zero-order chi connectivity index (χ0) is 5.70. The quantitative estimate of drug-likeness (QED) is 0.459. The number of aliphatic hydroxyl groups is 2. The van der Waals surface area contributed by atoms with E-state index < -0.39 is 6.29 Å². The highest BCUT2D eigenvalue weighted by atomic mass is 16.5. The predicted octanol–water partition coefficient (Wildman–Crippen LogP) is -0.813. The predicted molar refractivity (Wildman–Crippen MR) is 23.2 cm³/mol. The van der Waals surface area contributed by atoms with E-state index in [-0.39, 0.29) is 12.8 Å². The van der Waals surface area contributed by atoms with Gasteiger partial charge in [-0.2, -0.15) is 0 Å². The Morgan fingerprint density at radius 3 is 2.29 bits per heavy atom. The first-order valence-electron chi connectivity index (χ1n) is 1.98. The molecule has 0 bridgehead atoms. The monoisotopic (exact) mass is 103 g/mol. The highest BCUT2D eigenvalue weighted by Gasteiger charge is 1.93. The molecule has 0 spiro atoms. The van der Waals surface area contributed by atoms with Gasteiger partial charge in [0.15, 0.2) is 12.6 Å². The first-order valence-corrected chi connectivity index (χ1v) is 1.98. The fraction of sp³-hybridized carbons (Fsp3) is 0.750. The fourth-order valence-electron chi connectivity index (χ4n) is 0.188. The molecule has 0 aromatic carbocycles. The van der Waals surface area contributed by atoms with Crippen molar-refractivity contribution in [2.45, 2.75) is 19.1 Å². The molecule has 0 aromatic rings. The molecule has 0 aromatic heterocycles. The van der Waals surface area contributed by atoms with E-state index >= 15 is 0 Å². The van der Waals surface area contributed by atoms with Gasteiger partial charge in [-0.1, -0.05) is 0 Å². The number of aliphatic hydroxyl groups excluding tert-OH is 1. The molecular formula is C4H7O3. The normalized spacial score (nSPS) is 9.57. The van der Waals surface area contributed by atoms with Crippen LogP contribution in [0.3, 0.4) is 0 Å². The topological polar surface area (TPSA) is 57.5 Å². The third kappa shape index (κ3) is 5.59. The van der Waals surface area contributed by atoms with E-state index in [1.54, 1.807) is 0 Å². The van der Waals surface area contributed by atoms with Crippen LogP contribution in [0.5, 0.6) is 0 Å². The molecule has 0 aliphatic heterocycles. The summed E-state index contributed by atoms with van der Waals surface area (Å²) in [5.74, 6) is 0. The van der Waals surface area contributed by atoms with E-state index in [0.29, 0.717) is 0 Å². The largest absolute Gasteiger partial charge is 0.368 e. The van der Waals surface area contributed by atoms with Crippen molar-refractivity contribution in [3.05, 3.63) is 0 Å². The van der Waals surface area contributed by atoms with Crippen molar-refractivity contribution in [3.8, 4) is 0 Å². The third-order valence-corrected chi connectivity index (χ3v) is 0.505. The van der Waals surface area contributed by atoms with Gasteiger partial charge in [0, 0.05) is 12.8 Å². The minimum Gasteiger partial charge on any atom is -0.368 e. The Balaban J connectivity index is 2.81. The van der Waals surface area contributed by atoms with Crippen LogP contribution in [0.4, 0.5) is 0 Å². The molecule has 0 aliphatic rings. The van der Waals surface area contributed by atoms with E-state index in [1.807, 2.05) is 0 Å². The van der Waals surface area contributed by atoms with Gasteiger partial charge in [0.05, 0.1) is 0 Å². The lowest BCUT2D eigenvalue weighted by Crippen LogP contribution is -2.02. The van der Waals surface area contributed by atoms with Crippen LogP contribution in [-0.2, 0) is 4.79 Å². The smallest absolute Gasteiger partial charge is 0.198 e. The first kappa shape index (κ1) is 6.59. The molecule has 0 amide bonds. The molecule has 0 rings (SSSR count). The van der Waals surface area contributed by atoms with Crippen molar-refractivity contribution in [3.63, 3.8) is 0 Å². The Hall–Kier alpha value is -0.410. The Morgan fingerprint density at radius 2 is 2.14 bits per heavy atom. The summed E-state index contributed by atoms with van der Waals surface area (Å²) in [7, 11) is 0. The minimum absolute atomic E-state index is 0.0868. The van der Waals surface area contributed by atoms with Crippen molar-refractivity contribution in [2.75, 3.05) is 0 Å². The van der Waals surface area contributed by atoms with Gasteiger partial charge >= 0.3 is 0 Å². The second kappa shape index (κ2) is 3.77. The van der Waals surface area contributed by atoms with Gasteiger partial charge in [0.25, 0.3) is 0 Å². The van der Waals surface area contributed by atoms with Crippen LogP contribution in [0.15, 0.2) is 0 Å². The van der Waals surface area contributed by atoms with E-state index in [0.717, 1.165) is 0 Å². The van der Waals surface area contributed by atoms with Gasteiger partial charge in [0.1, 0.15) is 0 Å². The van der Waals surface area contributed by atoms with Gasteiger partial charge in [-0.25, -0.2) is 0 Å². The minimum atomic E-state index is -1.36. The number of hydrogen-bond donors (Lipinski definition) is 2. The Bertz CT molecular complexity index is 50.9. The lowest BCUT2D eigenvalue weighted by atomic mass is 10.3. The fourth-order valence-corrected chi connectivity index (χ4v) is 0.188. The molecule has 0 saturated heterocycles. The van der Waals surface area contributed by atoms with Crippen LogP contribution in [0.2, 0.25) is 0 Å². The Labute approximate surface area is 41.6 Å². The molecule has 3 nitrogen and oxygen atoms in total. The van der Waals surface area contributed by atoms with Gasteiger partial charge in [-0.05, 0) is 0 Å². The summed E-state index contributed by atoms with van der Waals surface area (Å²) in [6, 6.07) is 0. The highest BCUT2D eigenvalue weighted by molar-refractivity contribution is 5.50. The lowest BCUT2D eigenvalue weighted by Gasteiger charge is -1.94. The highest BCUT2D eigenvalue weighted by Crippen LogP contribution is 1.87. The van der Waals surface area contributed by atoms with Crippen LogP contribution in [0, 0.1) is 0 Å². The van der Waals surface area contributed by atoms with Crippen LogP contribution in [-0.4, -0.2) is 22.8 Å². The SMILES string of the molecule is O=[C]CCC(O)O. The molecule has 0 unspecified atom stereocenters. The molecular weight excluding hydrogens is 96.0 g/mol. The maximum atomic E-state index is 9.36. The number of rotatable bonds is 3. The molecule has 0 fully saturated rings. The Kier molecular flexibility index (Phi) is 3.55. The number of carbonyl (C=O) groups excluding carboxylic acids is 1.